The van der Waals surface area contributed by atoms with Crippen molar-refractivity contribution in [2.75, 3.05) is 0 Å². The number of aryl methyl sites for hydroxylation is 1. The molecule has 1 aromatic heterocycles. The first-order valence-corrected chi connectivity index (χ1v) is 5.97. The van der Waals surface area contributed by atoms with E-state index in [1.54, 1.807) is 18.2 Å². The molecule has 0 spiro atoms. The average Bonchev–Trinajstić information content (AvgIpc) is 2.39. The third-order valence-electron chi connectivity index (χ3n) is 3.15. The SMILES string of the molecule is Cc1cc(=O)oc2ccc(-c3ccc(O)cc3)cc12. The van der Waals surface area contributed by atoms with Crippen molar-refractivity contribution in [2.45, 2.75) is 6.92 Å². The maximum absolute atomic E-state index is 11.3. The number of hydrogen-bond acceptors (Lipinski definition) is 3. The Morgan fingerprint density at radius 1 is 0.947 bits per heavy atom. The van der Waals surface area contributed by atoms with Crippen LogP contribution in [0.5, 0.6) is 5.75 Å². The van der Waals surface area contributed by atoms with Crippen LogP contribution in [0.1, 0.15) is 5.56 Å². The van der Waals surface area contributed by atoms with Gasteiger partial charge in [-0.25, -0.2) is 4.79 Å². The number of phenolic OH excluding ortho intramolecular Hbond substituents is 1. The minimum atomic E-state index is -0.331. The maximum Gasteiger partial charge on any atom is 0.336 e. The summed E-state index contributed by atoms with van der Waals surface area (Å²) in [5, 5.41) is 10.2. The van der Waals surface area contributed by atoms with Crippen molar-refractivity contribution in [1.82, 2.24) is 0 Å². The second kappa shape index (κ2) is 4.28. The highest BCUT2D eigenvalue weighted by Gasteiger charge is 2.05. The van der Waals surface area contributed by atoms with E-state index >= 15 is 0 Å². The quantitative estimate of drug-likeness (QED) is 0.674. The molecule has 3 rings (SSSR count). The fourth-order valence-electron chi connectivity index (χ4n) is 2.15. The Kier molecular flexibility index (Phi) is 2.60. The second-order valence-electron chi connectivity index (χ2n) is 4.51. The molecule has 0 fully saturated rings. The van der Waals surface area contributed by atoms with Crippen molar-refractivity contribution in [1.29, 1.82) is 0 Å². The highest BCUT2D eigenvalue weighted by atomic mass is 16.4. The molecule has 0 radical (unpaired) electrons. The Bertz CT molecular complexity index is 798. The van der Waals surface area contributed by atoms with Crippen molar-refractivity contribution in [3.8, 4) is 16.9 Å². The first-order chi connectivity index (χ1) is 9.13. The van der Waals surface area contributed by atoms with Crippen LogP contribution >= 0.6 is 0 Å². The zero-order valence-corrected chi connectivity index (χ0v) is 10.4. The monoisotopic (exact) mass is 252 g/mol. The molecule has 3 heteroatoms. The Morgan fingerprint density at radius 2 is 1.63 bits per heavy atom. The third kappa shape index (κ3) is 2.10. The van der Waals surface area contributed by atoms with E-state index in [0.29, 0.717) is 5.58 Å². The first kappa shape index (κ1) is 11.5. The predicted molar refractivity (Wildman–Crippen MR) is 74.3 cm³/mol. The number of phenols is 1. The van der Waals surface area contributed by atoms with E-state index < -0.39 is 0 Å². The summed E-state index contributed by atoms with van der Waals surface area (Å²) in [6.07, 6.45) is 0. The van der Waals surface area contributed by atoms with Crippen molar-refractivity contribution < 1.29 is 9.52 Å². The molecule has 0 saturated heterocycles. The average molecular weight is 252 g/mol. The number of fused-ring (bicyclic) bond motifs is 1. The lowest BCUT2D eigenvalue weighted by Gasteiger charge is -2.05. The normalized spacial score (nSPS) is 10.8. The van der Waals surface area contributed by atoms with E-state index in [2.05, 4.69) is 0 Å². The van der Waals surface area contributed by atoms with E-state index in [1.165, 1.54) is 6.07 Å². The lowest BCUT2D eigenvalue weighted by atomic mass is 10.0. The van der Waals surface area contributed by atoms with Crippen molar-refractivity contribution in [3.05, 3.63) is 64.5 Å². The van der Waals surface area contributed by atoms with Gasteiger partial charge in [0, 0.05) is 11.5 Å². The van der Waals surface area contributed by atoms with Crippen LogP contribution in [0, 0.1) is 6.92 Å². The van der Waals surface area contributed by atoms with Gasteiger partial charge in [0.2, 0.25) is 0 Å². The second-order valence-corrected chi connectivity index (χ2v) is 4.51. The van der Waals surface area contributed by atoms with Crippen molar-refractivity contribution in [3.63, 3.8) is 0 Å². The van der Waals surface area contributed by atoms with Gasteiger partial charge in [0.15, 0.2) is 0 Å². The minimum Gasteiger partial charge on any atom is -0.508 e. The van der Waals surface area contributed by atoms with Gasteiger partial charge in [-0.05, 0) is 47.9 Å². The molecule has 2 aromatic carbocycles. The molecule has 0 bridgehead atoms. The van der Waals surface area contributed by atoms with Gasteiger partial charge < -0.3 is 9.52 Å². The molecule has 0 aliphatic heterocycles. The van der Waals surface area contributed by atoms with Crippen LogP contribution in [0.2, 0.25) is 0 Å². The van der Waals surface area contributed by atoms with Gasteiger partial charge in [0.25, 0.3) is 0 Å². The molecule has 0 unspecified atom stereocenters. The summed E-state index contributed by atoms with van der Waals surface area (Å²) in [6.45, 7) is 1.89. The van der Waals surface area contributed by atoms with Gasteiger partial charge in [-0.15, -0.1) is 0 Å². The van der Waals surface area contributed by atoms with E-state index in [9.17, 15) is 9.90 Å². The highest BCUT2D eigenvalue weighted by molar-refractivity contribution is 5.85. The number of benzene rings is 2. The number of hydrogen-bond donors (Lipinski definition) is 1. The largest absolute Gasteiger partial charge is 0.508 e. The summed E-state index contributed by atoms with van der Waals surface area (Å²) in [5.74, 6) is 0.242. The van der Waals surface area contributed by atoms with Gasteiger partial charge in [0.1, 0.15) is 11.3 Å². The molecule has 0 amide bonds. The summed E-state index contributed by atoms with van der Waals surface area (Å²) in [7, 11) is 0. The number of rotatable bonds is 1. The van der Waals surface area contributed by atoms with E-state index in [1.807, 2.05) is 31.2 Å². The molecule has 1 N–H and O–H groups in total. The molecule has 0 aliphatic carbocycles. The zero-order valence-electron chi connectivity index (χ0n) is 10.4. The lowest BCUT2D eigenvalue weighted by Crippen LogP contribution is -1.97. The Balaban J connectivity index is 2.21. The molecule has 3 aromatic rings. The summed E-state index contributed by atoms with van der Waals surface area (Å²) >= 11 is 0. The standard InChI is InChI=1S/C16H12O3/c1-10-8-16(18)19-15-7-4-12(9-14(10)15)11-2-5-13(17)6-3-11/h2-9,17H,1H3. The molecule has 0 aliphatic rings. The van der Waals surface area contributed by atoms with Crippen LogP contribution < -0.4 is 5.63 Å². The first-order valence-electron chi connectivity index (χ1n) is 5.97. The fourth-order valence-corrected chi connectivity index (χ4v) is 2.15. The number of aromatic hydroxyl groups is 1. The molecular formula is C16H12O3. The molecule has 19 heavy (non-hydrogen) atoms. The topological polar surface area (TPSA) is 50.4 Å². The van der Waals surface area contributed by atoms with Crippen LogP contribution in [0.4, 0.5) is 0 Å². The van der Waals surface area contributed by atoms with Gasteiger partial charge in [0.05, 0.1) is 0 Å². The molecule has 3 nitrogen and oxygen atoms in total. The molecule has 0 atom stereocenters. The van der Waals surface area contributed by atoms with Gasteiger partial charge in [-0.1, -0.05) is 18.2 Å². The van der Waals surface area contributed by atoms with E-state index in [4.69, 9.17) is 4.42 Å². The Morgan fingerprint density at radius 3 is 2.37 bits per heavy atom. The fraction of sp³-hybridized carbons (Fsp3) is 0.0625. The molecular weight excluding hydrogens is 240 g/mol. The van der Waals surface area contributed by atoms with E-state index in [-0.39, 0.29) is 11.4 Å². The zero-order chi connectivity index (χ0) is 13.4. The Labute approximate surface area is 109 Å². The smallest absolute Gasteiger partial charge is 0.336 e. The van der Waals surface area contributed by atoms with Crippen LogP contribution in [-0.4, -0.2) is 5.11 Å². The van der Waals surface area contributed by atoms with Crippen LogP contribution in [0.3, 0.4) is 0 Å². The lowest BCUT2D eigenvalue weighted by molar-refractivity contribution is 0.475. The molecule has 1 heterocycles. The minimum absolute atomic E-state index is 0.242. The van der Waals surface area contributed by atoms with Crippen molar-refractivity contribution >= 4 is 11.0 Å². The van der Waals surface area contributed by atoms with Crippen LogP contribution in [0.15, 0.2) is 57.7 Å². The van der Waals surface area contributed by atoms with E-state index in [0.717, 1.165) is 22.1 Å². The maximum atomic E-state index is 11.3. The summed E-state index contributed by atoms with van der Waals surface area (Å²) < 4.78 is 5.16. The summed E-state index contributed by atoms with van der Waals surface area (Å²) in [4.78, 5) is 11.3. The predicted octanol–water partition coefficient (Wildman–Crippen LogP) is 3.47. The van der Waals surface area contributed by atoms with Crippen LogP contribution in [0.25, 0.3) is 22.1 Å². The van der Waals surface area contributed by atoms with Gasteiger partial charge >= 0.3 is 5.63 Å². The Hall–Kier alpha value is -2.55. The summed E-state index contributed by atoms with van der Waals surface area (Å²) in [6, 6.07) is 14.2. The third-order valence-corrected chi connectivity index (χ3v) is 3.15. The molecule has 0 saturated carbocycles. The van der Waals surface area contributed by atoms with Gasteiger partial charge in [-0.3, -0.25) is 0 Å². The molecule has 94 valence electrons. The highest BCUT2D eigenvalue weighted by Crippen LogP contribution is 2.26. The van der Waals surface area contributed by atoms with Crippen LogP contribution in [-0.2, 0) is 0 Å². The summed E-state index contributed by atoms with van der Waals surface area (Å²) in [5.41, 5.74) is 3.18. The van der Waals surface area contributed by atoms with Gasteiger partial charge in [-0.2, -0.15) is 0 Å². The van der Waals surface area contributed by atoms with Crippen molar-refractivity contribution in [2.24, 2.45) is 0 Å².